The second kappa shape index (κ2) is 4.68. The van der Waals surface area contributed by atoms with Crippen LogP contribution >= 0.6 is 0 Å². The maximum atomic E-state index is 11.5. The zero-order chi connectivity index (χ0) is 12.5. The Bertz CT molecular complexity index is 368. The van der Waals surface area contributed by atoms with Gasteiger partial charge in [0.15, 0.2) is 0 Å². The van der Waals surface area contributed by atoms with Gasteiger partial charge in [0.25, 0.3) is 0 Å². The smallest absolute Gasteiger partial charge is 0.304 e. The number of hydrogen-bond donors (Lipinski definition) is 1. The minimum atomic E-state index is -3.25. The van der Waals surface area contributed by atoms with E-state index in [2.05, 4.69) is 0 Å². The average molecular weight is 250 g/mol. The van der Waals surface area contributed by atoms with Crippen molar-refractivity contribution in [2.45, 2.75) is 25.4 Å². The standard InChI is InChI=1S/C9H18N2O4S/c1-7-5-10(2)8(4-9(12)13)6-11(7)16(3,14)15/h7-8H,4-6H2,1-3H3,(H,12,13). The van der Waals surface area contributed by atoms with Crippen LogP contribution in [0.5, 0.6) is 0 Å². The molecular weight excluding hydrogens is 232 g/mol. The highest BCUT2D eigenvalue weighted by Crippen LogP contribution is 2.18. The molecule has 6 nitrogen and oxygen atoms in total. The van der Waals surface area contributed by atoms with Gasteiger partial charge in [-0.15, -0.1) is 0 Å². The van der Waals surface area contributed by atoms with Crippen molar-refractivity contribution in [1.82, 2.24) is 9.21 Å². The molecular formula is C9H18N2O4S. The van der Waals surface area contributed by atoms with E-state index >= 15 is 0 Å². The third kappa shape index (κ3) is 3.16. The summed E-state index contributed by atoms with van der Waals surface area (Å²) in [6.45, 7) is 2.64. The Morgan fingerprint density at radius 1 is 1.44 bits per heavy atom. The lowest BCUT2D eigenvalue weighted by Gasteiger charge is -2.41. The predicted octanol–water partition coefficient (Wildman–Crippen LogP) is -0.575. The molecule has 0 aromatic rings. The van der Waals surface area contributed by atoms with Gasteiger partial charge in [-0.05, 0) is 14.0 Å². The van der Waals surface area contributed by atoms with Crippen molar-refractivity contribution in [2.75, 3.05) is 26.4 Å². The van der Waals surface area contributed by atoms with Gasteiger partial charge >= 0.3 is 5.97 Å². The van der Waals surface area contributed by atoms with Crippen LogP contribution in [0.1, 0.15) is 13.3 Å². The first-order valence-corrected chi connectivity index (χ1v) is 6.95. The van der Waals surface area contributed by atoms with Crippen molar-refractivity contribution in [1.29, 1.82) is 0 Å². The van der Waals surface area contributed by atoms with Gasteiger partial charge in [-0.25, -0.2) is 8.42 Å². The van der Waals surface area contributed by atoms with Crippen LogP contribution < -0.4 is 0 Å². The minimum absolute atomic E-state index is 0.0325. The van der Waals surface area contributed by atoms with E-state index in [1.807, 2.05) is 18.9 Å². The molecule has 7 heteroatoms. The predicted molar refractivity (Wildman–Crippen MR) is 59.7 cm³/mol. The van der Waals surface area contributed by atoms with Crippen molar-refractivity contribution < 1.29 is 18.3 Å². The molecule has 1 saturated heterocycles. The molecule has 1 heterocycles. The van der Waals surface area contributed by atoms with Gasteiger partial charge in [-0.2, -0.15) is 4.31 Å². The average Bonchev–Trinajstić information content (AvgIpc) is 2.06. The number of nitrogens with zero attached hydrogens (tertiary/aromatic N) is 2. The molecule has 1 fully saturated rings. The summed E-state index contributed by atoms with van der Waals surface area (Å²) in [5.41, 5.74) is 0. The van der Waals surface area contributed by atoms with Crippen LogP contribution in [0.15, 0.2) is 0 Å². The summed E-state index contributed by atoms with van der Waals surface area (Å²) in [6, 6.07) is -0.353. The molecule has 0 aromatic carbocycles. The van der Waals surface area contributed by atoms with E-state index in [0.717, 1.165) is 6.26 Å². The molecule has 0 aliphatic carbocycles. The molecule has 0 amide bonds. The molecule has 16 heavy (non-hydrogen) atoms. The quantitative estimate of drug-likeness (QED) is 0.725. The number of carboxylic acids is 1. The topological polar surface area (TPSA) is 77.9 Å². The fourth-order valence-electron chi connectivity index (χ4n) is 2.07. The Balaban J connectivity index is 2.80. The van der Waals surface area contributed by atoms with Gasteiger partial charge < -0.3 is 5.11 Å². The Hall–Kier alpha value is -0.660. The summed E-state index contributed by atoms with van der Waals surface area (Å²) in [5, 5.41) is 8.74. The van der Waals surface area contributed by atoms with Gasteiger partial charge in [0.2, 0.25) is 10.0 Å². The van der Waals surface area contributed by atoms with Gasteiger partial charge in [-0.3, -0.25) is 9.69 Å². The van der Waals surface area contributed by atoms with Crippen LogP contribution in [0.25, 0.3) is 0 Å². The van der Waals surface area contributed by atoms with Crippen LogP contribution in [-0.4, -0.2) is 67.2 Å². The fourth-order valence-corrected chi connectivity index (χ4v) is 3.23. The number of hydrogen-bond acceptors (Lipinski definition) is 4. The van der Waals surface area contributed by atoms with E-state index in [-0.39, 0.29) is 25.0 Å². The van der Waals surface area contributed by atoms with E-state index in [4.69, 9.17) is 5.11 Å². The summed E-state index contributed by atoms with van der Waals surface area (Å²) in [6.07, 6.45) is 1.13. The number of carboxylic acid groups (broad SMARTS) is 1. The zero-order valence-corrected chi connectivity index (χ0v) is 10.6. The SMILES string of the molecule is CC1CN(C)C(CC(=O)O)CN1S(C)(=O)=O. The number of sulfonamides is 1. The Morgan fingerprint density at radius 3 is 2.44 bits per heavy atom. The van der Waals surface area contributed by atoms with Crippen molar-refractivity contribution in [3.63, 3.8) is 0 Å². The monoisotopic (exact) mass is 250 g/mol. The van der Waals surface area contributed by atoms with Gasteiger partial charge in [0.1, 0.15) is 0 Å². The van der Waals surface area contributed by atoms with Crippen LogP contribution in [0, 0.1) is 0 Å². The van der Waals surface area contributed by atoms with Crippen molar-refractivity contribution in [2.24, 2.45) is 0 Å². The Morgan fingerprint density at radius 2 is 2.00 bits per heavy atom. The third-order valence-electron chi connectivity index (χ3n) is 2.89. The molecule has 0 spiro atoms. The van der Waals surface area contributed by atoms with E-state index in [1.54, 1.807) is 0 Å². The van der Waals surface area contributed by atoms with Gasteiger partial charge in [-0.1, -0.05) is 0 Å². The van der Waals surface area contributed by atoms with E-state index in [0.29, 0.717) is 6.54 Å². The zero-order valence-electron chi connectivity index (χ0n) is 9.75. The number of aliphatic carboxylic acids is 1. The number of carbonyl (C=O) groups is 1. The Kier molecular flexibility index (Phi) is 3.92. The summed E-state index contributed by atoms with van der Waals surface area (Å²) in [7, 11) is -1.43. The van der Waals surface area contributed by atoms with Crippen molar-refractivity contribution in [3.8, 4) is 0 Å². The van der Waals surface area contributed by atoms with E-state index in [9.17, 15) is 13.2 Å². The molecule has 1 aliphatic rings. The summed E-state index contributed by atoms with van der Waals surface area (Å²) < 4.78 is 24.4. The van der Waals surface area contributed by atoms with Crippen molar-refractivity contribution >= 4 is 16.0 Å². The molecule has 0 aromatic heterocycles. The molecule has 0 saturated carbocycles. The second-order valence-electron chi connectivity index (χ2n) is 4.37. The summed E-state index contributed by atoms with van der Waals surface area (Å²) >= 11 is 0. The lowest BCUT2D eigenvalue weighted by Crippen LogP contribution is -2.57. The van der Waals surface area contributed by atoms with Crippen LogP contribution in [0.2, 0.25) is 0 Å². The largest absolute Gasteiger partial charge is 0.481 e. The maximum Gasteiger partial charge on any atom is 0.304 e. The highest BCUT2D eigenvalue weighted by Gasteiger charge is 2.35. The molecule has 1 rings (SSSR count). The molecule has 1 N–H and O–H groups in total. The van der Waals surface area contributed by atoms with Crippen LogP contribution in [0.4, 0.5) is 0 Å². The third-order valence-corrected chi connectivity index (χ3v) is 4.26. The molecule has 2 atom stereocenters. The minimum Gasteiger partial charge on any atom is -0.481 e. The van der Waals surface area contributed by atoms with E-state index < -0.39 is 16.0 Å². The Labute approximate surface area is 95.9 Å². The second-order valence-corrected chi connectivity index (χ2v) is 6.31. The molecule has 94 valence electrons. The number of piperazine rings is 1. The van der Waals surface area contributed by atoms with E-state index in [1.165, 1.54) is 4.31 Å². The lowest BCUT2D eigenvalue weighted by atomic mass is 10.1. The number of rotatable bonds is 3. The fraction of sp³-hybridized carbons (Fsp3) is 0.889. The molecule has 0 radical (unpaired) electrons. The lowest BCUT2D eigenvalue weighted by molar-refractivity contribution is -0.138. The van der Waals surface area contributed by atoms with Crippen molar-refractivity contribution in [3.05, 3.63) is 0 Å². The summed E-state index contributed by atoms with van der Waals surface area (Å²) in [5.74, 6) is -0.903. The molecule has 1 aliphatic heterocycles. The highest BCUT2D eigenvalue weighted by atomic mass is 32.2. The summed E-state index contributed by atoms with van der Waals surface area (Å²) in [4.78, 5) is 12.6. The first kappa shape index (κ1) is 13.4. The maximum absolute atomic E-state index is 11.5. The number of likely N-dealkylation sites (N-methyl/N-ethyl adjacent to an activating group) is 1. The molecule has 2 unspecified atom stereocenters. The van der Waals surface area contributed by atoms with Crippen LogP contribution in [0.3, 0.4) is 0 Å². The van der Waals surface area contributed by atoms with Crippen LogP contribution in [-0.2, 0) is 14.8 Å². The van der Waals surface area contributed by atoms with Gasteiger partial charge in [0.05, 0.1) is 12.7 Å². The van der Waals surface area contributed by atoms with Gasteiger partial charge in [0, 0.05) is 25.2 Å². The normalized spacial score (nSPS) is 29.2. The first-order chi connectivity index (χ1) is 7.21. The molecule has 0 bridgehead atoms. The first-order valence-electron chi connectivity index (χ1n) is 5.10. The highest BCUT2D eigenvalue weighted by molar-refractivity contribution is 7.88.